The van der Waals surface area contributed by atoms with Gasteiger partial charge in [-0.25, -0.2) is 4.79 Å². The van der Waals surface area contributed by atoms with Gasteiger partial charge < -0.3 is 4.74 Å². The van der Waals surface area contributed by atoms with E-state index in [1.807, 2.05) is 48.6 Å². The highest BCUT2D eigenvalue weighted by atomic mass is 16.5. The van der Waals surface area contributed by atoms with Gasteiger partial charge in [0.15, 0.2) is 0 Å². The van der Waals surface area contributed by atoms with Gasteiger partial charge in [0, 0.05) is 11.0 Å². The summed E-state index contributed by atoms with van der Waals surface area (Å²) in [7, 11) is 0. The van der Waals surface area contributed by atoms with Crippen LogP contribution in [0, 0.1) is 0 Å². The summed E-state index contributed by atoms with van der Waals surface area (Å²) in [5.41, 5.74) is 2.55. The van der Waals surface area contributed by atoms with Gasteiger partial charge in [0.1, 0.15) is 5.75 Å². The molecule has 0 bridgehead atoms. The van der Waals surface area contributed by atoms with Crippen LogP contribution in [0.5, 0.6) is 5.75 Å². The fourth-order valence-electron chi connectivity index (χ4n) is 3.32. The number of benzene rings is 2. The molecule has 2 nitrogen and oxygen atoms in total. The van der Waals surface area contributed by atoms with Crippen molar-refractivity contribution in [2.75, 3.05) is 0 Å². The molecular formula is C24H18O2. The lowest BCUT2D eigenvalue weighted by atomic mass is 9.93. The van der Waals surface area contributed by atoms with Gasteiger partial charge in [-0.05, 0) is 39.9 Å². The van der Waals surface area contributed by atoms with Crippen LogP contribution in [0.2, 0.25) is 0 Å². The van der Waals surface area contributed by atoms with Crippen molar-refractivity contribution in [2.24, 2.45) is 0 Å². The van der Waals surface area contributed by atoms with Crippen LogP contribution >= 0.6 is 0 Å². The number of allylic oxidation sites excluding steroid dienone is 6. The maximum absolute atomic E-state index is 12.1. The van der Waals surface area contributed by atoms with E-state index in [0.717, 1.165) is 32.3 Å². The molecule has 2 aliphatic carbocycles. The van der Waals surface area contributed by atoms with E-state index in [1.165, 1.54) is 0 Å². The van der Waals surface area contributed by atoms with Crippen LogP contribution in [0.25, 0.3) is 35.1 Å². The molecule has 0 fully saturated rings. The van der Waals surface area contributed by atoms with Crippen molar-refractivity contribution < 1.29 is 9.53 Å². The number of carbonyl (C=O) groups is 1. The molecule has 2 aromatic rings. The Hall–Kier alpha value is -3.39. The van der Waals surface area contributed by atoms with Crippen molar-refractivity contribution in [1.82, 2.24) is 0 Å². The molecule has 0 unspecified atom stereocenters. The maximum atomic E-state index is 12.1. The summed E-state index contributed by atoms with van der Waals surface area (Å²) in [6.45, 7) is 5.34. The predicted molar refractivity (Wildman–Crippen MR) is 109 cm³/mol. The van der Waals surface area contributed by atoms with Crippen LogP contribution in [0.4, 0.5) is 0 Å². The molecule has 2 heteroatoms. The van der Waals surface area contributed by atoms with Crippen LogP contribution in [0.15, 0.2) is 66.8 Å². The first-order chi connectivity index (χ1) is 12.7. The Labute approximate surface area is 152 Å². The second-order valence-electron chi connectivity index (χ2n) is 6.32. The molecular weight excluding hydrogens is 320 g/mol. The van der Waals surface area contributed by atoms with Crippen LogP contribution < -0.4 is 15.2 Å². The molecule has 0 heterocycles. The van der Waals surface area contributed by atoms with E-state index in [-0.39, 0.29) is 0 Å². The first-order valence-electron chi connectivity index (χ1n) is 8.53. The van der Waals surface area contributed by atoms with Gasteiger partial charge in [0.25, 0.3) is 0 Å². The lowest BCUT2D eigenvalue weighted by Gasteiger charge is -2.14. The average Bonchev–Trinajstić information content (AvgIpc) is 3.02. The Kier molecular flexibility index (Phi) is 4.02. The highest BCUT2D eigenvalue weighted by Crippen LogP contribution is 2.31. The summed E-state index contributed by atoms with van der Waals surface area (Å²) in [6.07, 6.45) is 20.6. The van der Waals surface area contributed by atoms with E-state index >= 15 is 0 Å². The summed E-state index contributed by atoms with van der Waals surface area (Å²) in [5.74, 6) is 0.143. The minimum atomic E-state index is -0.412. The molecule has 0 saturated heterocycles. The molecule has 0 atom stereocenters. The quantitative estimate of drug-likeness (QED) is 0.469. The number of ether oxygens (including phenoxy) is 1. The van der Waals surface area contributed by atoms with Crippen molar-refractivity contribution in [1.29, 1.82) is 0 Å². The number of fused-ring (bicyclic) bond motifs is 6. The Morgan fingerprint density at radius 1 is 0.885 bits per heavy atom. The Morgan fingerprint density at radius 2 is 1.54 bits per heavy atom. The minimum absolute atomic E-state index is 0.379. The molecule has 0 saturated carbocycles. The molecule has 2 aliphatic rings. The van der Waals surface area contributed by atoms with Crippen molar-refractivity contribution in [3.05, 3.63) is 88.4 Å². The number of carbonyl (C=O) groups excluding carboxylic acids is 1. The van der Waals surface area contributed by atoms with Gasteiger partial charge in [-0.3, -0.25) is 0 Å². The largest absolute Gasteiger partial charge is 0.423 e. The summed E-state index contributed by atoms with van der Waals surface area (Å²) in [6, 6.07) is 5.83. The number of rotatable bonds is 2. The van der Waals surface area contributed by atoms with Gasteiger partial charge in [-0.15, -0.1) is 0 Å². The predicted octanol–water partition coefficient (Wildman–Crippen LogP) is 4.05. The summed E-state index contributed by atoms with van der Waals surface area (Å²) in [4.78, 5) is 12.1. The van der Waals surface area contributed by atoms with E-state index in [2.05, 4.69) is 36.9 Å². The van der Waals surface area contributed by atoms with Gasteiger partial charge in [-0.1, -0.05) is 79.5 Å². The third kappa shape index (κ3) is 2.66. The van der Waals surface area contributed by atoms with Crippen molar-refractivity contribution in [3.8, 4) is 5.75 Å². The standard InChI is InChI=1S/C24H18O2/c1-16(2)24(25)26-22-15-9-14-21-19-12-6-3-5-10-17(19)18-11-7-4-8-13-20(18)23(21)22/h3-15H,1H2,2H3. The highest BCUT2D eigenvalue weighted by Gasteiger charge is 2.16. The van der Waals surface area contributed by atoms with Crippen molar-refractivity contribution in [2.45, 2.75) is 6.92 Å². The fraction of sp³-hybridized carbons (Fsp3) is 0.0417. The first-order valence-corrected chi connectivity index (χ1v) is 8.53. The Bertz CT molecular complexity index is 1190. The molecule has 0 aromatic heterocycles. The zero-order valence-electron chi connectivity index (χ0n) is 14.5. The molecule has 0 amide bonds. The third-order valence-corrected chi connectivity index (χ3v) is 4.50. The second-order valence-corrected chi connectivity index (χ2v) is 6.32. The van der Waals surface area contributed by atoms with Crippen molar-refractivity contribution >= 4 is 41.0 Å². The summed E-state index contributed by atoms with van der Waals surface area (Å²) < 4.78 is 5.66. The number of hydrogen-bond donors (Lipinski definition) is 0. The van der Waals surface area contributed by atoms with E-state index < -0.39 is 5.97 Å². The monoisotopic (exact) mass is 338 g/mol. The van der Waals surface area contributed by atoms with E-state index in [4.69, 9.17) is 4.74 Å². The topological polar surface area (TPSA) is 26.3 Å². The first kappa shape index (κ1) is 16.1. The van der Waals surface area contributed by atoms with Gasteiger partial charge in [0.2, 0.25) is 0 Å². The molecule has 2 aromatic carbocycles. The molecule has 4 rings (SSSR count). The molecule has 0 radical (unpaired) electrons. The maximum Gasteiger partial charge on any atom is 0.338 e. The highest BCUT2D eigenvalue weighted by molar-refractivity contribution is 6.03. The lowest BCUT2D eigenvalue weighted by Crippen LogP contribution is -2.30. The van der Waals surface area contributed by atoms with Crippen LogP contribution in [0.1, 0.15) is 18.1 Å². The van der Waals surface area contributed by atoms with E-state index in [0.29, 0.717) is 11.3 Å². The average molecular weight is 338 g/mol. The molecule has 0 aliphatic heterocycles. The normalized spacial score (nSPS) is 13.9. The zero-order chi connectivity index (χ0) is 18.1. The van der Waals surface area contributed by atoms with Crippen molar-refractivity contribution in [3.63, 3.8) is 0 Å². The molecule has 0 spiro atoms. The summed E-state index contributed by atoms with van der Waals surface area (Å²) >= 11 is 0. The molecule has 0 N–H and O–H groups in total. The molecule has 26 heavy (non-hydrogen) atoms. The Balaban J connectivity index is 2.17. The number of hydrogen-bond acceptors (Lipinski definition) is 2. The third-order valence-electron chi connectivity index (χ3n) is 4.50. The van der Waals surface area contributed by atoms with Crippen LogP contribution in [0.3, 0.4) is 0 Å². The van der Waals surface area contributed by atoms with Crippen LogP contribution in [-0.2, 0) is 4.79 Å². The van der Waals surface area contributed by atoms with E-state index in [1.54, 1.807) is 6.92 Å². The van der Waals surface area contributed by atoms with Gasteiger partial charge in [-0.2, -0.15) is 0 Å². The van der Waals surface area contributed by atoms with Gasteiger partial charge >= 0.3 is 5.97 Å². The number of esters is 1. The second kappa shape index (κ2) is 6.49. The Morgan fingerprint density at radius 3 is 2.23 bits per heavy atom. The molecule has 126 valence electrons. The SMILES string of the molecule is C=C(C)C(=O)Oc1cccc2c3c(c4c(c12)C=CC=CC=4)=CC=CC=C3. The van der Waals surface area contributed by atoms with Gasteiger partial charge in [0.05, 0.1) is 0 Å². The smallest absolute Gasteiger partial charge is 0.338 e. The van der Waals surface area contributed by atoms with E-state index in [9.17, 15) is 4.79 Å². The fourth-order valence-corrected chi connectivity index (χ4v) is 3.32. The summed E-state index contributed by atoms with van der Waals surface area (Å²) in [5, 5.41) is 4.28. The zero-order valence-corrected chi connectivity index (χ0v) is 14.5. The lowest BCUT2D eigenvalue weighted by molar-refractivity contribution is -0.129. The van der Waals surface area contributed by atoms with Crippen LogP contribution in [-0.4, -0.2) is 5.97 Å². The minimum Gasteiger partial charge on any atom is -0.423 e.